The smallest absolute Gasteiger partial charge is 0.408 e. The van der Waals surface area contributed by atoms with Crippen LogP contribution in [0.2, 0.25) is 0 Å². The molecule has 9 heteroatoms. The number of aryl methyl sites for hydroxylation is 2. The predicted octanol–water partition coefficient (Wildman–Crippen LogP) is 5.55. The number of ether oxygens (including phenoxy) is 1. The number of alkyl carbamates (subject to hydrolysis) is 1. The lowest BCUT2D eigenvalue weighted by atomic mass is 9.97. The van der Waals surface area contributed by atoms with Gasteiger partial charge in [-0.05, 0) is 69.5 Å². The number of benzene rings is 3. The lowest BCUT2D eigenvalue weighted by molar-refractivity contribution is -0.140. The van der Waals surface area contributed by atoms with Gasteiger partial charge in [-0.15, -0.1) is 6.58 Å². The molecule has 0 spiro atoms. The van der Waals surface area contributed by atoms with Gasteiger partial charge in [-0.1, -0.05) is 54.6 Å². The molecule has 42 heavy (non-hydrogen) atoms. The Morgan fingerprint density at radius 3 is 2.21 bits per heavy atom. The minimum Gasteiger partial charge on any atom is -0.508 e. The topological polar surface area (TPSA) is 128 Å². The fraction of sp³-hybridized carbons (Fsp3) is 0.303. The summed E-state index contributed by atoms with van der Waals surface area (Å²) >= 11 is 0. The number of nitrogens with zero attached hydrogens (tertiary/aromatic N) is 1. The first-order valence-electron chi connectivity index (χ1n) is 13.6. The van der Waals surface area contributed by atoms with Crippen molar-refractivity contribution in [3.05, 3.63) is 102 Å². The van der Waals surface area contributed by atoms with Crippen LogP contribution in [0.3, 0.4) is 0 Å². The summed E-state index contributed by atoms with van der Waals surface area (Å²) < 4.78 is 5.43. The van der Waals surface area contributed by atoms with Gasteiger partial charge in [0.15, 0.2) is 0 Å². The molecule has 0 radical (unpaired) electrons. The summed E-state index contributed by atoms with van der Waals surface area (Å²) in [6.45, 7) is 12.4. The van der Waals surface area contributed by atoms with Crippen LogP contribution in [0.5, 0.6) is 11.5 Å². The number of rotatable bonds is 10. The van der Waals surface area contributed by atoms with E-state index < -0.39 is 35.6 Å². The molecule has 0 aromatic heterocycles. The zero-order valence-corrected chi connectivity index (χ0v) is 24.7. The lowest BCUT2D eigenvalue weighted by Crippen LogP contribution is -2.53. The van der Waals surface area contributed by atoms with E-state index >= 15 is 0 Å². The average Bonchev–Trinajstić information content (AvgIpc) is 2.91. The quantitative estimate of drug-likeness (QED) is 0.236. The van der Waals surface area contributed by atoms with Gasteiger partial charge in [-0.25, -0.2) is 4.79 Å². The number of anilines is 1. The lowest BCUT2D eigenvalue weighted by Gasteiger charge is -2.34. The molecule has 0 heterocycles. The largest absolute Gasteiger partial charge is 0.508 e. The van der Waals surface area contributed by atoms with Crippen molar-refractivity contribution in [2.24, 2.45) is 0 Å². The summed E-state index contributed by atoms with van der Waals surface area (Å²) in [6.07, 6.45) is 0.708. The minimum atomic E-state index is -1.28. The van der Waals surface area contributed by atoms with E-state index in [9.17, 15) is 24.6 Å². The molecule has 0 aliphatic heterocycles. The molecule has 3 aromatic rings. The van der Waals surface area contributed by atoms with Gasteiger partial charge in [0.2, 0.25) is 5.91 Å². The van der Waals surface area contributed by atoms with E-state index in [4.69, 9.17) is 4.74 Å². The van der Waals surface area contributed by atoms with Crippen molar-refractivity contribution < 1.29 is 29.3 Å². The molecular weight excluding hydrogens is 534 g/mol. The van der Waals surface area contributed by atoms with E-state index in [2.05, 4.69) is 17.2 Å². The highest BCUT2D eigenvalue weighted by Gasteiger charge is 2.37. The number of para-hydroxylation sites is 2. The van der Waals surface area contributed by atoms with Gasteiger partial charge in [-0.3, -0.25) is 9.59 Å². The Labute approximate surface area is 246 Å². The molecule has 0 saturated heterocycles. The maximum Gasteiger partial charge on any atom is 0.408 e. The molecule has 3 amide bonds. The first-order chi connectivity index (χ1) is 19.8. The standard InChI is InChI=1S/C33H39N3O6/c1-7-19-36(31(40)27(35-32(41)42-33(4,5)6)20-23-15-17-24(37)18-16-23)28(25-13-10-12-22(3)29(25)38)30(39)34-26-14-9-8-11-21(26)2/h7-18,27-28,37-38H,1,19-20H2,2-6H3,(H,34,39)(H,35,41). The Kier molecular flexibility index (Phi) is 10.4. The fourth-order valence-corrected chi connectivity index (χ4v) is 4.45. The van der Waals surface area contributed by atoms with Gasteiger partial charge in [-0.2, -0.15) is 0 Å². The Morgan fingerprint density at radius 2 is 1.60 bits per heavy atom. The summed E-state index contributed by atoms with van der Waals surface area (Å²) in [4.78, 5) is 42.5. The zero-order chi connectivity index (χ0) is 31.0. The summed E-state index contributed by atoms with van der Waals surface area (Å²) in [5.41, 5.74) is 1.95. The third-order valence-electron chi connectivity index (χ3n) is 6.50. The Hall–Kier alpha value is -4.79. The summed E-state index contributed by atoms with van der Waals surface area (Å²) in [7, 11) is 0. The van der Waals surface area contributed by atoms with Crippen LogP contribution < -0.4 is 10.6 Å². The first-order valence-corrected chi connectivity index (χ1v) is 13.6. The van der Waals surface area contributed by atoms with Crippen molar-refractivity contribution in [3.8, 4) is 11.5 Å². The van der Waals surface area contributed by atoms with Crippen molar-refractivity contribution in [3.63, 3.8) is 0 Å². The van der Waals surface area contributed by atoms with Crippen LogP contribution in [0, 0.1) is 13.8 Å². The number of hydrogen-bond donors (Lipinski definition) is 4. The summed E-state index contributed by atoms with van der Waals surface area (Å²) in [5.74, 6) is -1.22. The highest BCUT2D eigenvalue weighted by atomic mass is 16.6. The van der Waals surface area contributed by atoms with Gasteiger partial charge in [0.05, 0.1) is 0 Å². The van der Waals surface area contributed by atoms with E-state index in [0.29, 0.717) is 16.8 Å². The van der Waals surface area contributed by atoms with Gasteiger partial charge in [0.25, 0.3) is 5.91 Å². The molecule has 3 rings (SSSR count). The fourth-order valence-electron chi connectivity index (χ4n) is 4.45. The highest BCUT2D eigenvalue weighted by molar-refractivity contribution is 6.00. The average molecular weight is 574 g/mol. The predicted molar refractivity (Wildman–Crippen MR) is 162 cm³/mol. The second-order valence-electron chi connectivity index (χ2n) is 11.1. The van der Waals surface area contributed by atoms with Crippen molar-refractivity contribution in [1.82, 2.24) is 10.2 Å². The van der Waals surface area contributed by atoms with Gasteiger partial charge < -0.3 is 30.5 Å². The molecule has 0 aliphatic rings. The second-order valence-corrected chi connectivity index (χ2v) is 11.1. The molecule has 2 atom stereocenters. The number of carbonyl (C=O) groups excluding carboxylic acids is 3. The van der Waals surface area contributed by atoms with Gasteiger partial charge in [0, 0.05) is 24.2 Å². The van der Waals surface area contributed by atoms with Crippen LogP contribution in [-0.2, 0) is 20.7 Å². The minimum absolute atomic E-state index is 0.0396. The van der Waals surface area contributed by atoms with Gasteiger partial charge >= 0.3 is 6.09 Å². The number of amides is 3. The molecule has 0 bridgehead atoms. The van der Waals surface area contributed by atoms with Crippen molar-refractivity contribution in [2.45, 2.75) is 58.7 Å². The summed E-state index contributed by atoms with van der Waals surface area (Å²) in [5, 5.41) is 26.3. The molecular formula is C33H39N3O6. The summed E-state index contributed by atoms with van der Waals surface area (Å²) in [6, 6.07) is 16.0. The van der Waals surface area contributed by atoms with E-state index in [1.807, 2.05) is 19.1 Å². The Balaban J connectivity index is 2.09. The van der Waals surface area contributed by atoms with Crippen LogP contribution in [0.1, 0.15) is 49.1 Å². The molecule has 222 valence electrons. The number of hydrogen-bond acceptors (Lipinski definition) is 6. The first kappa shape index (κ1) is 31.7. The maximum atomic E-state index is 14.3. The number of phenols is 2. The normalized spacial score (nSPS) is 12.5. The Bertz CT molecular complexity index is 1430. The van der Waals surface area contributed by atoms with Crippen LogP contribution >= 0.6 is 0 Å². The molecule has 0 aliphatic carbocycles. The molecule has 9 nitrogen and oxygen atoms in total. The molecule has 0 fully saturated rings. The number of nitrogens with one attached hydrogen (secondary N) is 2. The second kappa shape index (κ2) is 13.7. The molecule has 2 unspecified atom stereocenters. The number of aromatic hydroxyl groups is 2. The van der Waals surface area contributed by atoms with E-state index in [1.165, 1.54) is 23.1 Å². The van der Waals surface area contributed by atoms with Crippen molar-refractivity contribution >= 4 is 23.6 Å². The van der Waals surface area contributed by atoms with Gasteiger partial charge in [0.1, 0.15) is 29.2 Å². The van der Waals surface area contributed by atoms with E-state index in [0.717, 1.165) is 5.56 Å². The third-order valence-corrected chi connectivity index (χ3v) is 6.50. The highest BCUT2D eigenvalue weighted by Crippen LogP contribution is 2.33. The van der Waals surface area contributed by atoms with Crippen LogP contribution in [0.15, 0.2) is 79.4 Å². The molecule has 0 saturated carbocycles. The van der Waals surface area contributed by atoms with Crippen molar-refractivity contribution in [1.29, 1.82) is 0 Å². The van der Waals surface area contributed by atoms with Crippen LogP contribution in [0.25, 0.3) is 0 Å². The SMILES string of the molecule is C=CCN(C(=O)C(Cc1ccc(O)cc1)NC(=O)OC(C)(C)C)C(C(=O)Nc1ccccc1C)c1cccc(C)c1O. The van der Waals surface area contributed by atoms with Crippen LogP contribution in [0.4, 0.5) is 10.5 Å². The number of phenolic OH excluding ortho intramolecular Hbond substituents is 2. The Morgan fingerprint density at radius 1 is 0.952 bits per heavy atom. The monoisotopic (exact) mass is 573 g/mol. The van der Waals surface area contributed by atoms with Crippen LogP contribution in [-0.4, -0.2) is 51.2 Å². The molecule has 3 aromatic carbocycles. The zero-order valence-electron chi connectivity index (χ0n) is 24.7. The maximum absolute atomic E-state index is 14.3. The molecule has 4 N–H and O–H groups in total. The third kappa shape index (κ3) is 8.36. The van der Waals surface area contributed by atoms with E-state index in [-0.39, 0.29) is 30.0 Å². The van der Waals surface area contributed by atoms with Crippen molar-refractivity contribution in [2.75, 3.05) is 11.9 Å². The van der Waals surface area contributed by atoms with E-state index in [1.54, 1.807) is 70.2 Å². The number of carbonyl (C=O) groups is 3.